The second-order valence-electron chi connectivity index (χ2n) is 5.01. The highest BCUT2D eigenvalue weighted by Gasteiger charge is 2.30. The van der Waals surface area contributed by atoms with E-state index in [0.29, 0.717) is 30.3 Å². The molecule has 0 spiro atoms. The third-order valence-corrected chi connectivity index (χ3v) is 5.45. The van der Waals surface area contributed by atoms with E-state index in [9.17, 15) is 8.42 Å². The maximum Gasteiger partial charge on any atom is 0.243 e. The summed E-state index contributed by atoms with van der Waals surface area (Å²) in [7, 11) is -3.50. The monoisotopic (exact) mass is 284 g/mol. The Morgan fingerprint density at radius 3 is 2.68 bits per heavy atom. The molecular weight excluding hydrogens is 264 g/mol. The zero-order chi connectivity index (χ0) is 14.2. The number of anilines is 1. The Hall–Kier alpha value is -1.11. The van der Waals surface area contributed by atoms with Gasteiger partial charge >= 0.3 is 0 Å². The van der Waals surface area contributed by atoms with E-state index >= 15 is 0 Å². The van der Waals surface area contributed by atoms with Crippen molar-refractivity contribution in [3.8, 4) is 0 Å². The van der Waals surface area contributed by atoms with Crippen LogP contribution in [0.25, 0.3) is 0 Å². The molecule has 1 aromatic carbocycles. The topological polar surface area (TPSA) is 72.6 Å². The van der Waals surface area contributed by atoms with Gasteiger partial charge in [-0.05, 0) is 44.0 Å². The standard InChI is InChI=1S/C13H20N2O3S/c1-9-6-12(14)7-13(11(9)3)19(16,17)15-4-5-18-10(2)8-15/h6-7,10H,4-5,8,14H2,1-3H3. The minimum absolute atomic E-state index is 0.0778. The Balaban J connectivity index is 2.45. The molecule has 1 fully saturated rings. The molecular formula is C13H20N2O3S. The van der Waals surface area contributed by atoms with Gasteiger partial charge in [0, 0.05) is 18.8 Å². The number of hydrogen-bond acceptors (Lipinski definition) is 4. The largest absolute Gasteiger partial charge is 0.399 e. The van der Waals surface area contributed by atoms with Crippen LogP contribution in [0.15, 0.2) is 17.0 Å². The number of nitrogens with two attached hydrogens (primary N) is 1. The van der Waals surface area contributed by atoms with Crippen molar-refractivity contribution in [3.63, 3.8) is 0 Å². The lowest BCUT2D eigenvalue weighted by molar-refractivity contribution is 0.0102. The lowest BCUT2D eigenvalue weighted by Gasteiger charge is -2.31. The van der Waals surface area contributed by atoms with Gasteiger partial charge in [-0.2, -0.15) is 4.31 Å². The first kappa shape index (κ1) is 14.3. The Morgan fingerprint density at radius 2 is 2.05 bits per heavy atom. The molecule has 0 aliphatic carbocycles. The number of morpholine rings is 1. The quantitative estimate of drug-likeness (QED) is 0.831. The number of hydrogen-bond donors (Lipinski definition) is 1. The molecule has 5 nitrogen and oxygen atoms in total. The maximum atomic E-state index is 12.7. The van der Waals surface area contributed by atoms with E-state index in [1.54, 1.807) is 6.07 Å². The number of nitrogen functional groups attached to an aromatic ring is 1. The van der Waals surface area contributed by atoms with Crippen molar-refractivity contribution in [1.29, 1.82) is 0 Å². The SMILES string of the molecule is Cc1cc(N)cc(S(=O)(=O)N2CCOC(C)C2)c1C. The van der Waals surface area contributed by atoms with Crippen LogP contribution < -0.4 is 5.73 Å². The fourth-order valence-electron chi connectivity index (χ4n) is 2.27. The fraction of sp³-hybridized carbons (Fsp3) is 0.538. The number of sulfonamides is 1. The molecule has 1 atom stereocenters. The maximum absolute atomic E-state index is 12.7. The Kier molecular flexibility index (Phi) is 3.85. The van der Waals surface area contributed by atoms with Crippen LogP contribution in [0.4, 0.5) is 5.69 Å². The molecule has 1 aliphatic rings. The van der Waals surface area contributed by atoms with E-state index in [1.165, 1.54) is 10.4 Å². The molecule has 0 saturated carbocycles. The van der Waals surface area contributed by atoms with Crippen LogP contribution in [0, 0.1) is 13.8 Å². The summed E-state index contributed by atoms with van der Waals surface area (Å²) in [5, 5.41) is 0. The molecule has 1 heterocycles. The summed E-state index contributed by atoms with van der Waals surface area (Å²) < 4.78 is 32.2. The molecule has 1 unspecified atom stereocenters. The van der Waals surface area contributed by atoms with Crippen molar-refractivity contribution in [3.05, 3.63) is 23.3 Å². The molecule has 2 rings (SSSR count). The van der Waals surface area contributed by atoms with Crippen molar-refractivity contribution in [1.82, 2.24) is 4.31 Å². The molecule has 2 N–H and O–H groups in total. The van der Waals surface area contributed by atoms with E-state index in [1.807, 2.05) is 20.8 Å². The number of rotatable bonds is 2. The first-order valence-corrected chi connectivity index (χ1v) is 7.75. The molecule has 1 aromatic rings. The highest BCUT2D eigenvalue weighted by atomic mass is 32.2. The Labute approximate surface area is 114 Å². The van der Waals surface area contributed by atoms with Gasteiger partial charge in [-0.15, -0.1) is 0 Å². The molecule has 106 valence electrons. The van der Waals surface area contributed by atoms with Crippen molar-refractivity contribution in [2.45, 2.75) is 31.8 Å². The van der Waals surface area contributed by atoms with Crippen LogP contribution in [0.3, 0.4) is 0 Å². The van der Waals surface area contributed by atoms with Gasteiger partial charge in [-0.1, -0.05) is 0 Å². The predicted molar refractivity (Wildman–Crippen MR) is 74.5 cm³/mol. The lowest BCUT2D eigenvalue weighted by Crippen LogP contribution is -2.44. The Bertz CT molecular complexity index is 584. The van der Waals surface area contributed by atoms with E-state index in [2.05, 4.69) is 0 Å². The average molecular weight is 284 g/mol. The average Bonchev–Trinajstić information content (AvgIpc) is 2.33. The molecule has 19 heavy (non-hydrogen) atoms. The molecule has 0 bridgehead atoms. The van der Waals surface area contributed by atoms with Gasteiger partial charge < -0.3 is 10.5 Å². The molecule has 0 aromatic heterocycles. The van der Waals surface area contributed by atoms with Gasteiger partial charge in [0.25, 0.3) is 0 Å². The zero-order valence-electron chi connectivity index (χ0n) is 11.5. The summed E-state index contributed by atoms with van der Waals surface area (Å²) in [6, 6.07) is 3.33. The van der Waals surface area contributed by atoms with Crippen molar-refractivity contribution in [2.75, 3.05) is 25.4 Å². The zero-order valence-corrected chi connectivity index (χ0v) is 12.3. The van der Waals surface area contributed by atoms with Gasteiger partial charge in [0.05, 0.1) is 17.6 Å². The van der Waals surface area contributed by atoms with E-state index in [4.69, 9.17) is 10.5 Å². The summed E-state index contributed by atoms with van der Waals surface area (Å²) in [5.74, 6) is 0. The van der Waals surface area contributed by atoms with Gasteiger partial charge in [0.1, 0.15) is 0 Å². The van der Waals surface area contributed by atoms with Crippen LogP contribution in [0.5, 0.6) is 0 Å². The second kappa shape index (κ2) is 5.11. The third-order valence-electron chi connectivity index (χ3n) is 3.46. The summed E-state index contributed by atoms with van der Waals surface area (Å²) in [6.07, 6.45) is -0.0778. The molecule has 1 saturated heterocycles. The van der Waals surface area contributed by atoms with Crippen LogP contribution >= 0.6 is 0 Å². The van der Waals surface area contributed by atoms with Gasteiger partial charge in [0.15, 0.2) is 0 Å². The van der Waals surface area contributed by atoms with E-state index < -0.39 is 10.0 Å². The third kappa shape index (κ3) is 2.75. The number of benzene rings is 1. The van der Waals surface area contributed by atoms with Crippen LogP contribution in [-0.4, -0.2) is 38.5 Å². The van der Waals surface area contributed by atoms with Crippen LogP contribution in [0.1, 0.15) is 18.1 Å². The van der Waals surface area contributed by atoms with Crippen molar-refractivity contribution in [2.24, 2.45) is 0 Å². The Morgan fingerprint density at radius 1 is 1.37 bits per heavy atom. The first-order valence-electron chi connectivity index (χ1n) is 6.31. The molecule has 0 amide bonds. The highest BCUT2D eigenvalue weighted by Crippen LogP contribution is 2.26. The van der Waals surface area contributed by atoms with Crippen molar-refractivity contribution >= 4 is 15.7 Å². The second-order valence-corrected chi connectivity index (χ2v) is 6.91. The summed E-state index contributed by atoms with van der Waals surface area (Å²) in [6.45, 7) is 6.76. The molecule has 0 radical (unpaired) electrons. The van der Waals surface area contributed by atoms with Crippen LogP contribution in [0.2, 0.25) is 0 Å². The lowest BCUT2D eigenvalue weighted by atomic mass is 10.1. The van der Waals surface area contributed by atoms with E-state index in [-0.39, 0.29) is 6.10 Å². The highest BCUT2D eigenvalue weighted by molar-refractivity contribution is 7.89. The number of aryl methyl sites for hydroxylation is 1. The number of nitrogens with zero attached hydrogens (tertiary/aromatic N) is 1. The van der Waals surface area contributed by atoms with Gasteiger partial charge in [0.2, 0.25) is 10.0 Å². The molecule has 1 aliphatic heterocycles. The fourth-order valence-corrected chi connectivity index (χ4v) is 4.10. The normalized spacial score (nSPS) is 21.5. The smallest absolute Gasteiger partial charge is 0.243 e. The number of ether oxygens (including phenoxy) is 1. The minimum Gasteiger partial charge on any atom is -0.399 e. The summed E-state index contributed by atoms with van der Waals surface area (Å²) in [5.41, 5.74) is 7.90. The summed E-state index contributed by atoms with van der Waals surface area (Å²) in [4.78, 5) is 0.305. The summed E-state index contributed by atoms with van der Waals surface area (Å²) >= 11 is 0. The van der Waals surface area contributed by atoms with Crippen LogP contribution in [-0.2, 0) is 14.8 Å². The van der Waals surface area contributed by atoms with Gasteiger partial charge in [-0.3, -0.25) is 0 Å². The predicted octanol–water partition coefficient (Wildman–Crippen LogP) is 1.30. The molecule has 6 heteroatoms. The van der Waals surface area contributed by atoms with E-state index in [0.717, 1.165) is 11.1 Å². The van der Waals surface area contributed by atoms with Crippen molar-refractivity contribution < 1.29 is 13.2 Å². The first-order chi connectivity index (χ1) is 8.82. The minimum atomic E-state index is -3.50. The van der Waals surface area contributed by atoms with Gasteiger partial charge in [-0.25, -0.2) is 8.42 Å².